The van der Waals surface area contributed by atoms with Gasteiger partial charge in [0.1, 0.15) is 18.1 Å². The molecule has 1 N–H and O–H groups in total. The first kappa shape index (κ1) is 39.5. The first-order valence-corrected chi connectivity index (χ1v) is 19.1. The highest BCUT2D eigenvalue weighted by Gasteiger charge is 2.52. The van der Waals surface area contributed by atoms with E-state index in [2.05, 4.69) is 23.8 Å². The van der Waals surface area contributed by atoms with Crippen LogP contribution in [0.4, 0.5) is 0 Å². The van der Waals surface area contributed by atoms with Crippen molar-refractivity contribution >= 4 is 17.7 Å². The van der Waals surface area contributed by atoms with Crippen LogP contribution in [0.3, 0.4) is 0 Å². The van der Waals surface area contributed by atoms with E-state index in [9.17, 15) is 19.5 Å². The fourth-order valence-corrected chi connectivity index (χ4v) is 9.12. The monoisotopic (exact) mass is 706 g/mol. The first-order valence-electron chi connectivity index (χ1n) is 19.1. The summed E-state index contributed by atoms with van der Waals surface area (Å²) in [5.74, 6) is -0.287. The zero-order valence-corrected chi connectivity index (χ0v) is 32.4. The smallest absolute Gasteiger partial charge is 0.319 e. The largest absolute Gasteiger partial charge is 0.463 e. The molecule has 4 aliphatic heterocycles. The topological polar surface area (TPSA) is 121 Å². The molecular weight excluding hydrogens is 640 g/mol. The molecule has 0 bridgehead atoms. The molecule has 4 saturated heterocycles. The maximum Gasteiger partial charge on any atom is 0.319 e. The van der Waals surface area contributed by atoms with Crippen LogP contribution < -0.4 is 0 Å². The van der Waals surface area contributed by atoms with Crippen LogP contribution in [0, 0.1) is 35.0 Å². The Morgan fingerprint density at radius 1 is 1.04 bits per heavy atom. The summed E-state index contributed by atoms with van der Waals surface area (Å²) in [4.78, 5) is 50.2. The van der Waals surface area contributed by atoms with Gasteiger partial charge in [-0.1, -0.05) is 13.8 Å². The number of hydrogen-bond acceptors (Lipinski definition) is 11. The summed E-state index contributed by atoms with van der Waals surface area (Å²) in [6.45, 7) is 16.2. The minimum Gasteiger partial charge on any atom is -0.463 e. The van der Waals surface area contributed by atoms with Gasteiger partial charge < -0.3 is 38.8 Å². The Morgan fingerprint density at radius 3 is 2.34 bits per heavy atom. The number of Topliss-reactive ketones (excluding diaryl/α,β-unsaturated/α-hetero) is 1. The van der Waals surface area contributed by atoms with E-state index in [1.165, 1.54) is 12.8 Å². The van der Waals surface area contributed by atoms with Crippen molar-refractivity contribution in [1.29, 1.82) is 0 Å². The Kier molecular flexibility index (Phi) is 12.4. The van der Waals surface area contributed by atoms with Gasteiger partial charge in [-0.05, 0) is 99.3 Å². The van der Waals surface area contributed by atoms with Gasteiger partial charge in [-0.3, -0.25) is 19.3 Å². The molecule has 1 unspecified atom stereocenters. The highest BCUT2D eigenvalue weighted by atomic mass is 16.7. The second-order valence-corrected chi connectivity index (χ2v) is 17.5. The van der Waals surface area contributed by atoms with Crippen LogP contribution in [-0.4, -0.2) is 159 Å². The van der Waals surface area contributed by atoms with E-state index >= 15 is 0 Å². The van der Waals surface area contributed by atoms with Crippen LogP contribution in [0.15, 0.2) is 0 Å². The lowest BCUT2D eigenvalue weighted by atomic mass is 9.74. The third-order valence-electron chi connectivity index (χ3n) is 12.5. The molecule has 12 nitrogen and oxygen atoms in total. The Hall–Kier alpha value is -1.67. The van der Waals surface area contributed by atoms with Crippen molar-refractivity contribution in [3.8, 4) is 0 Å². The van der Waals surface area contributed by atoms with Gasteiger partial charge in [-0.25, -0.2) is 0 Å². The fraction of sp³-hybridized carbons (Fsp3) is 0.921. The van der Waals surface area contributed by atoms with Crippen molar-refractivity contribution < 1.29 is 38.4 Å². The SMILES string of the molecule is CO[C@]1(C)C[C@@H](C)CN(C)C(C2CN(C(=O)[C@@H]3CCN(CC4CC4)C3)C2)COC(=O)C(C)(C)C(=O)[C@H](C)[C@H]1O[C@@H]1O[C@H](C)C[C@H](N(C)C)[C@H]1O. The van der Waals surface area contributed by atoms with Gasteiger partial charge in [-0.15, -0.1) is 0 Å². The van der Waals surface area contributed by atoms with E-state index < -0.39 is 41.4 Å². The molecule has 1 saturated carbocycles. The molecule has 5 fully saturated rings. The van der Waals surface area contributed by atoms with Crippen molar-refractivity contribution in [3.05, 3.63) is 0 Å². The number of likely N-dealkylation sites (N-methyl/N-ethyl adjacent to an activating group) is 2. The number of nitrogens with zero attached hydrogens (tertiary/aromatic N) is 4. The first-order chi connectivity index (χ1) is 23.4. The molecule has 1 aliphatic carbocycles. The van der Waals surface area contributed by atoms with Crippen molar-refractivity contribution in [2.24, 2.45) is 35.0 Å². The van der Waals surface area contributed by atoms with Gasteiger partial charge in [0.2, 0.25) is 5.91 Å². The predicted molar refractivity (Wildman–Crippen MR) is 189 cm³/mol. The molecule has 0 aromatic rings. The number of carbonyl (C=O) groups is 3. The molecule has 0 spiro atoms. The summed E-state index contributed by atoms with van der Waals surface area (Å²) in [7, 11) is 7.52. The maximum absolute atomic E-state index is 14.3. The number of amides is 1. The lowest BCUT2D eigenvalue weighted by Crippen LogP contribution is -2.60. The third kappa shape index (κ3) is 8.58. The molecule has 5 aliphatic rings. The van der Waals surface area contributed by atoms with Crippen LogP contribution in [0.1, 0.15) is 73.6 Å². The summed E-state index contributed by atoms with van der Waals surface area (Å²) >= 11 is 0. The van der Waals surface area contributed by atoms with Crippen LogP contribution in [0.2, 0.25) is 0 Å². The van der Waals surface area contributed by atoms with Crippen LogP contribution in [0.5, 0.6) is 0 Å². The number of hydrogen-bond donors (Lipinski definition) is 1. The lowest BCUT2D eigenvalue weighted by Gasteiger charge is -2.48. The van der Waals surface area contributed by atoms with E-state index in [0.29, 0.717) is 32.5 Å². The maximum atomic E-state index is 14.3. The minimum absolute atomic E-state index is 0.0677. The Labute approximate surface area is 300 Å². The van der Waals surface area contributed by atoms with E-state index in [0.717, 1.165) is 32.0 Å². The number of methoxy groups -OCH3 is 1. The summed E-state index contributed by atoms with van der Waals surface area (Å²) in [6.07, 6.45) is 1.85. The molecule has 12 heteroatoms. The molecule has 0 aromatic heterocycles. The highest BCUT2D eigenvalue weighted by Crippen LogP contribution is 2.39. The summed E-state index contributed by atoms with van der Waals surface area (Å²) in [6, 6.07) is -0.298. The van der Waals surface area contributed by atoms with Gasteiger partial charge in [0, 0.05) is 63.8 Å². The van der Waals surface area contributed by atoms with Gasteiger partial charge in [-0.2, -0.15) is 0 Å². The fourth-order valence-electron chi connectivity index (χ4n) is 9.12. The number of esters is 1. The number of likely N-dealkylation sites (tertiary alicyclic amines) is 2. The average molecular weight is 707 g/mol. The molecule has 0 radical (unpaired) electrons. The highest BCUT2D eigenvalue weighted by molar-refractivity contribution is 6.04. The zero-order valence-electron chi connectivity index (χ0n) is 32.4. The Bertz CT molecular complexity index is 1210. The van der Waals surface area contributed by atoms with E-state index in [1.54, 1.807) is 27.9 Å². The molecule has 286 valence electrons. The van der Waals surface area contributed by atoms with Crippen molar-refractivity contribution in [2.45, 2.75) is 116 Å². The van der Waals surface area contributed by atoms with Gasteiger partial charge in [0.15, 0.2) is 12.1 Å². The lowest BCUT2D eigenvalue weighted by molar-refractivity contribution is -0.295. The summed E-state index contributed by atoms with van der Waals surface area (Å²) in [5.41, 5.74) is -2.41. The van der Waals surface area contributed by atoms with Crippen LogP contribution in [0.25, 0.3) is 0 Å². The van der Waals surface area contributed by atoms with Crippen molar-refractivity contribution in [3.63, 3.8) is 0 Å². The zero-order chi connectivity index (χ0) is 36.7. The number of aliphatic hydroxyl groups is 1. The quantitative estimate of drug-likeness (QED) is 0.296. The van der Waals surface area contributed by atoms with E-state index in [-0.39, 0.29) is 54.2 Å². The number of cyclic esters (lactones) is 1. The summed E-state index contributed by atoms with van der Waals surface area (Å²) in [5, 5.41) is 11.4. The van der Waals surface area contributed by atoms with Crippen LogP contribution in [-0.2, 0) is 33.3 Å². The molecule has 0 aromatic carbocycles. The Balaban J connectivity index is 1.32. The van der Waals surface area contributed by atoms with Crippen molar-refractivity contribution in [1.82, 2.24) is 19.6 Å². The Morgan fingerprint density at radius 2 is 1.72 bits per heavy atom. The van der Waals surface area contributed by atoms with Gasteiger partial charge in [0.25, 0.3) is 0 Å². The van der Waals surface area contributed by atoms with Crippen LogP contribution >= 0.6 is 0 Å². The molecule has 10 atom stereocenters. The predicted octanol–water partition coefficient (Wildman–Crippen LogP) is 2.51. The third-order valence-corrected chi connectivity index (χ3v) is 12.5. The van der Waals surface area contributed by atoms with E-state index in [4.69, 9.17) is 18.9 Å². The number of aliphatic hydroxyl groups excluding tert-OH is 1. The number of carbonyl (C=O) groups excluding carboxylic acids is 3. The number of ether oxygens (including phenoxy) is 4. The second kappa shape index (κ2) is 15.7. The van der Waals surface area contributed by atoms with Crippen molar-refractivity contribution in [2.75, 3.05) is 74.1 Å². The molecule has 1 amide bonds. The molecular formula is C38H66N4O8. The molecule has 50 heavy (non-hydrogen) atoms. The average Bonchev–Trinajstić information content (AvgIpc) is 3.73. The normalized spacial score (nSPS) is 40.2. The molecule has 4 heterocycles. The second-order valence-electron chi connectivity index (χ2n) is 17.5. The number of ketones is 1. The standard InChI is InChI=1S/C38H66N4O8/c1-23-16-38(6,47-10)33(50-35-31(43)29(39(7)8)15-24(2)49-35)25(3)32(44)37(4,5)36(46)48-22-30(40(9)17-23)28-20-42(21-28)34(45)27-13-14-41(19-27)18-26-11-12-26/h23-31,33,35,43H,11-22H2,1-10H3/t23-,24-,25+,27-,29+,30?,31-,33-,35+,38-/m1/s1. The van der Waals surface area contributed by atoms with Gasteiger partial charge >= 0.3 is 5.97 Å². The number of rotatable bonds is 8. The van der Waals surface area contributed by atoms with E-state index in [1.807, 2.05) is 37.7 Å². The summed E-state index contributed by atoms with van der Waals surface area (Å²) < 4.78 is 25.1. The minimum atomic E-state index is -1.46. The molecule has 5 rings (SSSR count). The van der Waals surface area contributed by atoms with Gasteiger partial charge in [0.05, 0.1) is 23.7 Å².